The lowest BCUT2D eigenvalue weighted by Crippen LogP contribution is -2.48. The lowest BCUT2D eigenvalue weighted by molar-refractivity contribution is -0.119. The Bertz CT molecular complexity index is 733. The monoisotopic (exact) mass is 412 g/mol. The first-order chi connectivity index (χ1) is 13.9. The van der Waals surface area contributed by atoms with Gasteiger partial charge in [-0.3, -0.25) is 14.6 Å². The Labute approximate surface area is 168 Å². The summed E-state index contributed by atoms with van der Waals surface area (Å²) < 4.78 is 39.8. The zero-order valence-corrected chi connectivity index (χ0v) is 16.6. The molecule has 29 heavy (non-hydrogen) atoms. The number of hydrogen-bond acceptors (Lipinski definition) is 6. The summed E-state index contributed by atoms with van der Waals surface area (Å²) in [4.78, 5) is 28.3. The highest BCUT2D eigenvalue weighted by Crippen LogP contribution is 2.32. The van der Waals surface area contributed by atoms with Crippen molar-refractivity contribution in [3.05, 3.63) is 23.8 Å². The van der Waals surface area contributed by atoms with Gasteiger partial charge in [0, 0.05) is 65.4 Å². The Morgan fingerprint density at radius 3 is 2.48 bits per heavy atom. The minimum Gasteiger partial charge on any atom is -0.447 e. The van der Waals surface area contributed by atoms with Gasteiger partial charge < -0.3 is 19.7 Å². The highest BCUT2D eigenvalue weighted by molar-refractivity contribution is 5.91. The van der Waals surface area contributed by atoms with E-state index in [1.54, 1.807) is 12.0 Å². The SMILES string of the molecule is COCCN1CCN(c2c(F)cc(N3C(=O)OC[C@@H]3CNC(C)=O)cc2F)CC1. The van der Waals surface area contributed by atoms with Crippen LogP contribution in [0.1, 0.15) is 6.92 Å². The first-order valence-corrected chi connectivity index (χ1v) is 9.56. The van der Waals surface area contributed by atoms with Crippen molar-refractivity contribution in [3.63, 3.8) is 0 Å². The Hall–Kier alpha value is -2.46. The van der Waals surface area contributed by atoms with E-state index in [9.17, 15) is 18.4 Å². The summed E-state index contributed by atoms with van der Waals surface area (Å²) in [6.45, 7) is 5.27. The van der Waals surface area contributed by atoms with Crippen LogP contribution in [0, 0.1) is 11.6 Å². The van der Waals surface area contributed by atoms with Gasteiger partial charge in [-0.05, 0) is 0 Å². The van der Waals surface area contributed by atoms with Crippen LogP contribution < -0.4 is 15.1 Å². The quantitative estimate of drug-likeness (QED) is 0.726. The highest BCUT2D eigenvalue weighted by atomic mass is 19.1. The maximum atomic E-state index is 14.9. The van der Waals surface area contributed by atoms with Crippen molar-refractivity contribution in [3.8, 4) is 0 Å². The molecule has 0 bridgehead atoms. The van der Waals surface area contributed by atoms with Crippen LogP contribution in [0.4, 0.5) is 25.0 Å². The Kier molecular flexibility index (Phi) is 6.86. The molecule has 2 saturated heterocycles. The van der Waals surface area contributed by atoms with Gasteiger partial charge in [-0.25, -0.2) is 13.6 Å². The van der Waals surface area contributed by atoms with Gasteiger partial charge in [-0.2, -0.15) is 0 Å². The van der Waals surface area contributed by atoms with Crippen molar-refractivity contribution >= 4 is 23.4 Å². The van der Waals surface area contributed by atoms with E-state index in [1.165, 1.54) is 11.8 Å². The average molecular weight is 412 g/mol. The Morgan fingerprint density at radius 2 is 1.90 bits per heavy atom. The highest BCUT2D eigenvalue weighted by Gasteiger charge is 2.35. The second kappa shape index (κ2) is 9.36. The molecule has 8 nitrogen and oxygen atoms in total. The van der Waals surface area contributed by atoms with Crippen molar-refractivity contribution in [1.82, 2.24) is 10.2 Å². The third-order valence-electron chi connectivity index (χ3n) is 5.13. The number of carbonyl (C=O) groups excluding carboxylic acids is 2. The number of anilines is 2. The molecule has 0 unspecified atom stereocenters. The van der Waals surface area contributed by atoms with Crippen molar-refractivity contribution < 1.29 is 27.8 Å². The number of amides is 2. The number of hydrogen-bond donors (Lipinski definition) is 1. The van der Waals surface area contributed by atoms with Gasteiger partial charge in [0.1, 0.15) is 12.3 Å². The fourth-order valence-electron chi connectivity index (χ4n) is 3.60. The molecule has 2 fully saturated rings. The molecule has 0 aliphatic carbocycles. The summed E-state index contributed by atoms with van der Waals surface area (Å²) in [5.74, 6) is -1.73. The van der Waals surface area contributed by atoms with E-state index < -0.39 is 23.8 Å². The largest absolute Gasteiger partial charge is 0.447 e. The number of benzene rings is 1. The minimum atomic E-state index is -0.733. The Balaban J connectivity index is 1.74. The number of halogens is 2. The van der Waals surface area contributed by atoms with Crippen LogP contribution in [0.25, 0.3) is 0 Å². The summed E-state index contributed by atoms with van der Waals surface area (Å²) in [5, 5.41) is 2.60. The molecule has 0 radical (unpaired) electrons. The summed E-state index contributed by atoms with van der Waals surface area (Å²) in [7, 11) is 1.64. The number of methoxy groups -OCH3 is 1. The van der Waals surface area contributed by atoms with Crippen molar-refractivity contribution in [2.75, 3.05) is 69.4 Å². The van der Waals surface area contributed by atoms with Crippen molar-refractivity contribution in [2.24, 2.45) is 0 Å². The van der Waals surface area contributed by atoms with Crippen LogP contribution in [0.3, 0.4) is 0 Å². The summed E-state index contributed by atoms with van der Waals surface area (Å²) in [6.07, 6.45) is -0.696. The number of carbonyl (C=O) groups is 2. The lowest BCUT2D eigenvalue weighted by atomic mass is 10.1. The molecule has 1 N–H and O–H groups in total. The van der Waals surface area contributed by atoms with E-state index in [1.807, 2.05) is 0 Å². The van der Waals surface area contributed by atoms with Crippen molar-refractivity contribution in [1.29, 1.82) is 0 Å². The standard InChI is InChI=1S/C19H26F2N4O4/c1-13(26)22-11-15-12-29-19(27)25(15)14-9-16(20)18(17(21)10-14)24-5-3-23(4-6-24)7-8-28-2/h9-10,15H,3-8,11-12H2,1-2H3,(H,22,26)/t15-/m0/s1. The fourth-order valence-corrected chi connectivity index (χ4v) is 3.60. The molecular weight excluding hydrogens is 386 g/mol. The summed E-state index contributed by atoms with van der Waals surface area (Å²) in [6, 6.07) is 1.76. The Morgan fingerprint density at radius 1 is 1.24 bits per heavy atom. The third kappa shape index (κ3) is 4.94. The number of rotatable bonds is 7. The molecule has 3 rings (SSSR count). The van der Waals surface area contributed by atoms with Crippen LogP contribution in [-0.4, -0.2) is 82.5 Å². The minimum absolute atomic E-state index is 0.0353. The van der Waals surface area contributed by atoms with E-state index in [-0.39, 0.29) is 30.4 Å². The molecule has 160 valence electrons. The van der Waals surface area contributed by atoms with E-state index in [2.05, 4.69) is 10.2 Å². The van der Waals surface area contributed by atoms with Gasteiger partial charge in [-0.1, -0.05) is 0 Å². The van der Waals surface area contributed by atoms with Crippen LogP contribution in [-0.2, 0) is 14.3 Å². The molecule has 2 amide bonds. The number of piperazine rings is 1. The van der Waals surface area contributed by atoms with Crippen LogP contribution >= 0.6 is 0 Å². The second-order valence-electron chi connectivity index (χ2n) is 7.12. The molecule has 2 aliphatic rings. The van der Waals surface area contributed by atoms with Gasteiger partial charge in [0.05, 0.1) is 18.3 Å². The number of nitrogens with one attached hydrogen (secondary N) is 1. The van der Waals surface area contributed by atoms with Crippen LogP contribution in [0.2, 0.25) is 0 Å². The molecule has 2 heterocycles. The predicted molar refractivity (Wildman–Crippen MR) is 103 cm³/mol. The molecule has 1 atom stereocenters. The number of ether oxygens (including phenoxy) is 2. The maximum absolute atomic E-state index is 14.9. The molecule has 2 aliphatic heterocycles. The smallest absolute Gasteiger partial charge is 0.414 e. The van der Waals surface area contributed by atoms with E-state index in [0.29, 0.717) is 32.8 Å². The van der Waals surface area contributed by atoms with Gasteiger partial charge in [0.25, 0.3) is 0 Å². The maximum Gasteiger partial charge on any atom is 0.414 e. The topological polar surface area (TPSA) is 74.3 Å². The second-order valence-corrected chi connectivity index (χ2v) is 7.12. The van der Waals surface area contributed by atoms with Crippen molar-refractivity contribution in [2.45, 2.75) is 13.0 Å². The number of cyclic esters (lactones) is 1. The van der Waals surface area contributed by atoms with Gasteiger partial charge in [0.2, 0.25) is 5.91 Å². The van der Waals surface area contributed by atoms with Gasteiger partial charge in [-0.15, -0.1) is 0 Å². The molecule has 10 heteroatoms. The van der Waals surface area contributed by atoms with Crippen LogP contribution in [0.15, 0.2) is 12.1 Å². The van der Waals surface area contributed by atoms with Gasteiger partial charge in [0.15, 0.2) is 11.6 Å². The van der Waals surface area contributed by atoms with E-state index in [0.717, 1.165) is 18.7 Å². The normalized spacial score (nSPS) is 20.1. The van der Waals surface area contributed by atoms with Crippen LogP contribution in [0.5, 0.6) is 0 Å². The summed E-state index contributed by atoms with van der Waals surface area (Å²) in [5.41, 5.74) is -0.0218. The molecule has 1 aromatic rings. The molecule has 0 spiro atoms. The predicted octanol–water partition coefficient (Wildman–Crippen LogP) is 1.19. The zero-order chi connectivity index (χ0) is 21.0. The number of nitrogens with zero attached hydrogens (tertiary/aromatic N) is 3. The first kappa shape index (κ1) is 21.3. The fraction of sp³-hybridized carbons (Fsp3) is 0.579. The average Bonchev–Trinajstić information content (AvgIpc) is 3.05. The van der Waals surface area contributed by atoms with E-state index >= 15 is 0 Å². The first-order valence-electron chi connectivity index (χ1n) is 9.56. The molecular formula is C19H26F2N4O4. The molecule has 1 aromatic carbocycles. The molecule has 0 saturated carbocycles. The van der Waals surface area contributed by atoms with E-state index in [4.69, 9.17) is 9.47 Å². The van der Waals surface area contributed by atoms with Gasteiger partial charge >= 0.3 is 6.09 Å². The third-order valence-corrected chi connectivity index (χ3v) is 5.13. The summed E-state index contributed by atoms with van der Waals surface area (Å²) >= 11 is 0. The zero-order valence-electron chi connectivity index (χ0n) is 16.6. The lowest BCUT2D eigenvalue weighted by Gasteiger charge is -2.36. The molecule has 0 aromatic heterocycles.